The second-order valence-corrected chi connectivity index (χ2v) is 7.64. The number of hydrogen-bond donors (Lipinski definition) is 0. The summed E-state index contributed by atoms with van der Waals surface area (Å²) in [5.74, 6) is 0.187. The Bertz CT molecular complexity index is 661. The van der Waals surface area contributed by atoms with E-state index in [0.29, 0.717) is 52.1 Å². The molecule has 1 aromatic carbocycles. The van der Waals surface area contributed by atoms with Crippen molar-refractivity contribution < 1.29 is 28.5 Å². The molecular formula is C21H27NO6. The van der Waals surface area contributed by atoms with Gasteiger partial charge in [-0.1, -0.05) is 30.3 Å². The van der Waals surface area contributed by atoms with Crippen LogP contribution in [-0.4, -0.2) is 61.6 Å². The average molecular weight is 389 g/mol. The average Bonchev–Trinajstić information content (AvgIpc) is 3.23. The van der Waals surface area contributed by atoms with Gasteiger partial charge in [-0.05, 0) is 18.4 Å². The van der Waals surface area contributed by atoms with Crippen LogP contribution < -0.4 is 0 Å². The molecule has 3 saturated heterocycles. The topological polar surface area (TPSA) is 74.3 Å². The molecule has 1 aromatic rings. The van der Waals surface area contributed by atoms with Crippen LogP contribution in [0.3, 0.4) is 0 Å². The lowest BCUT2D eigenvalue weighted by Gasteiger charge is -2.47. The molecule has 3 aliphatic rings. The molecule has 0 aromatic heterocycles. The smallest absolute Gasteiger partial charge is 0.410 e. The molecule has 2 bridgehead atoms. The van der Waals surface area contributed by atoms with Crippen LogP contribution in [0.2, 0.25) is 0 Å². The van der Waals surface area contributed by atoms with Gasteiger partial charge in [0.05, 0.1) is 38.5 Å². The Morgan fingerprint density at radius 3 is 2.39 bits per heavy atom. The summed E-state index contributed by atoms with van der Waals surface area (Å²) in [6, 6.07) is 9.42. The lowest BCUT2D eigenvalue weighted by molar-refractivity contribution is -0.133. The molecule has 0 aliphatic carbocycles. The van der Waals surface area contributed by atoms with Crippen molar-refractivity contribution in [2.75, 3.05) is 26.4 Å². The zero-order chi connectivity index (χ0) is 19.3. The van der Waals surface area contributed by atoms with Crippen molar-refractivity contribution in [1.29, 1.82) is 0 Å². The molecule has 0 radical (unpaired) electrons. The number of morpholine rings is 1. The first-order chi connectivity index (χ1) is 13.7. The highest BCUT2D eigenvalue weighted by molar-refractivity contribution is 5.81. The fourth-order valence-corrected chi connectivity index (χ4v) is 4.31. The van der Waals surface area contributed by atoms with Gasteiger partial charge in [-0.3, -0.25) is 9.69 Å². The number of ether oxygens (including phenoxy) is 4. The van der Waals surface area contributed by atoms with Crippen LogP contribution in [0.4, 0.5) is 4.79 Å². The lowest BCUT2D eigenvalue weighted by atomic mass is 9.81. The summed E-state index contributed by atoms with van der Waals surface area (Å²) in [7, 11) is 0. The van der Waals surface area contributed by atoms with Gasteiger partial charge in [-0.2, -0.15) is 0 Å². The van der Waals surface area contributed by atoms with Crippen LogP contribution in [0.1, 0.15) is 31.2 Å². The molecule has 3 aliphatic heterocycles. The first-order valence-electron chi connectivity index (χ1n) is 10.0. The minimum atomic E-state index is -0.319. The second kappa shape index (κ2) is 9.03. The summed E-state index contributed by atoms with van der Waals surface area (Å²) in [4.78, 5) is 27.2. The van der Waals surface area contributed by atoms with E-state index < -0.39 is 0 Å². The summed E-state index contributed by atoms with van der Waals surface area (Å²) in [6.07, 6.45) is 1.74. The van der Waals surface area contributed by atoms with Crippen molar-refractivity contribution in [3.05, 3.63) is 35.9 Å². The predicted molar refractivity (Wildman–Crippen MR) is 99.5 cm³/mol. The van der Waals surface area contributed by atoms with Crippen molar-refractivity contribution in [2.45, 2.75) is 50.7 Å². The number of Topliss-reactive ketones (excluding diaryl/α,β-unsaturated/α-hetero) is 1. The van der Waals surface area contributed by atoms with E-state index in [1.807, 2.05) is 30.3 Å². The highest BCUT2D eigenvalue weighted by Crippen LogP contribution is 2.33. The first-order valence-corrected chi connectivity index (χ1v) is 10.0. The Labute approximate surface area is 164 Å². The maximum absolute atomic E-state index is 12.7. The number of piperidine rings is 1. The Kier molecular flexibility index (Phi) is 6.24. The van der Waals surface area contributed by atoms with Gasteiger partial charge in [0.2, 0.25) is 0 Å². The Morgan fingerprint density at radius 1 is 1.04 bits per heavy atom. The normalized spacial score (nSPS) is 27.6. The number of nitrogens with zero attached hydrogens (tertiary/aromatic N) is 1. The molecule has 152 valence electrons. The van der Waals surface area contributed by atoms with E-state index in [4.69, 9.17) is 18.9 Å². The van der Waals surface area contributed by atoms with Crippen molar-refractivity contribution in [2.24, 2.45) is 5.92 Å². The highest BCUT2D eigenvalue weighted by Gasteiger charge is 2.44. The van der Waals surface area contributed by atoms with Crippen LogP contribution >= 0.6 is 0 Å². The maximum Gasteiger partial charge on any atom is 0.410 e. The highest BCUT2D eigenvalue weighted by atomic mass is 16.7. The fourth-order valence-electron chi connectivity index (χ4n) is 4.31. The third kappa shape index (κ3) is 4.54. The van der Waals surface area contributed by atoms with Crippen LogP contribution in [0.15, 0.2) is 30.3 Å². The van der Waals surface area contributed by atoms with Crippen molar-refractivity contribution in [3.8, 4) is 0 Å². The number of carbonyl (C=O) groups is 2. The number of amides is 1. The monoisotopic (exact) mass is 389 g/mol. The SMILES string of the molecule is O=C(CCC1OCCO1)C1CC2COCC(C1)N2C(=O)OCc1ccccc1. The molecule has 28 heavy (non-hydrogen) atoms. The Balaban J connectivity index is 1.31. The number of benzene rings is 1. The Hall–Kier alpha value is -1.96. The van der Waals surface area contributed by atoms with E-state index in [1.54, 1.807) is 4.90 Å². The van der Waals surface area contributed by atoms with E-state index in [-0.39, 0.29) is 42.8 Å². The van der Waals surface area contributed by atoms with E-state index in [1.165, 1.54) is 0 Å². The van der Waals surface area contributed by atoms with Crippen LogP contribution in [0.25, 0.3) is 0 Å². The summed E-state index contributed by atoms with van der Waals surface area (Å²) in [5, 5.41) is 0. The van der Waals surface area contributed by atoms with E-state index >= 15 is 0 Å². The molecule has 7 heteroatoms. The standard InChI is InChI=1S/C21H27NO6/c23-19(6-7-20-26-8-9-27-20)16-10-17-13-25-14-18(11-16)22(17)21(24)28-12-15-4-2-1-3-5-15/h1-5,16-18,20H,6-14H2. The molecule has 4 rings (SSSR count). The largest absolute Gasteiger partial charge is 0.445 e. The minimum Gasteiger partial charge on any atom is -0.445 e. The van der Waals surface area contributed by atoms with Crippen LogP contribution in [-0.2, 0) is 30.3 Å². The van der Waals surface area contributed by atoms with Crippen LogP contribution in [0, 0.1) is 5.92 Å². The molecular weight excluding hydrogens is 362 g/mol. The van der Waals surface area contributed by atoms with Gasteiger partial charge in [0.15, 0.2) is 6.29 Å². The van der Waals surface area contributed by atoms with Gasteiger partial charge in [0.1, 0.15) is 12.4 Å². The molecule has 3 heterocycles. The van der Waals surface area contributed by atoms with Crippen LogP contribution in [0.5, 0.6) is 0 Å². The molecule has 0 saturated carbocycles. The number of carbonyl (C=O) groups excluding carboxylic acids is 2. The third-order valence-corrected chi connectivity index (χ3v) is 5.71. The molecule has 3 fully saturated rings. The molecule has 2 atom stereocenters. The maximum atomic E-state index is 12.7. The van der Waals surface area contributed by atoms with E-state index in [2.05, 4.69) is 0 Å². The summed E-state index contributed by atoms with van der Waals surface area (Å²) < 4.78 is 22.0. The van der Waals surface area contributed by atoms with Crippen molar-refractivity contribution in [3.63, 3.8) is 0 Å². The number of ketones is 1. The molecule has 0 N–H and O–H groups in total. The molecule has 7 nitrogen and oxygen atoms in total. The van der Waals surface area contributed by atoms with Gasteiger partial charge in [-0.15, -0.1) is 0 Å². The zero-order valence-corrected chi connectivity index (χ0v) is 16.0. The fraction of sp³-hybridized carbons (Fsp3) is 0.619. The van der Waals surface area contributed by atoms with E-state index in [9.17, 15) is 9.59 Å². The third-order valence-electron chi connectivity index (χ3n) is 5.71. The molecule has 1 amide bonds. The molecule has 0 spiro atoms. The quantitative estimate of drug-likeness (QED) is 0.744. The van der Waals surface area contributed by atoms with Crippen molar-refractivity contribution >= 4 is 11.9 Å². The number of rotatable bonds is 6. The van der Waals surface area contributed by atoms with Crippen molar-refractivity contribution in [1.82, 2.24) is 4.90 Å². The predicted octanol–water partition coefficient (Wildman–Crippen LogP) is 2.52. The van der Waals surface area contributed by atoms with E-state index in [0.717, 1.165) is 5.56 Å². The van der Waals surface area contributed by atoms with Gasteiger partial charge in [0.25, 0.3) is 0 Å². The summed E-state index contributed by atoms with van der Waals surface area (Å²) >= 11 is 0. The Morgan fingerprint density at radius 2 is 1.71 bits per heavy atom. The first kappa shape index (κ1) is 19.4. The van der Waals surface area contributed by atoms with Gasteiger partial charge < -0.3 is 18.9 Å². The second-order valence-electron chi connectivity index (χ2n) is 7.64. The summed E-state index contributed by atoms with van der Waals surface area (Å²) in [5.41, 5.74) is 0.957. The lowest BCUT2D eigenvalue weighted by Crippen LogP contribution is -2.59. The number of hydrogen-bond acceptors (Lipinski definition) is 6. The summed E-state index contributed by atoms with van der Waals surface area (Å²) in [6.45, 7) is 2.36. The van der Waals surface area contributed by atoms with Gasteiger partial charge in [0, 0.05) is 18.8 Å². The van der Waals surface area contributed by atoms with Gasteiger partial charge >= 0.3 is 6.09 Å². The molecule has 2 unspecified atom stereocenters. The number of fused-ring (bicyclic) bond motifs is 2. The zero-order valence-electron chi connectivity index (χ0n) is 16.0. The minimum absolute atomic E-state index is 0.0431. The van der Waals surface area contributed by atoms with Gasteiger partial charge in [-0.25, -0.2) is 4.79 Å².